The summed E-state index contributed by atoms with van der Waals surface area (Å²) >= 11 is 1.36. The van der Waals surface area contributed by atoms with E-state index >= 15 is 0 Å². The second kappa shape index (κ2) is 4.38. The summed E-state index contributed by atoms with van der Waals surface area (Å²) < 4.78 is 0. The average molecular weight is 258 g/mol. The fourth-order valence-electron chi connectivity index (χ4n) is 2.26. The second-order valence-corrected chi connectivity index (χ2v) is 5.53. The van der Waals surface area contributed by atoms with Gasteiger partial charge in [0, 0.05) is 9.75 Å². The molecule has 0 fully saturated rings. The summed E-state index contributed by atoms with van der Waals surface area (Å²) in [6, 6.07) is 0. The zero-order valence-corrected chi connectivity index (χ0v) is 10.3. The van der Waals surface area contributed by atoms with Gasteiger partial charge >= 0.3 is 5.97 Å². The first-order chi connectivity index (χ1) is 7.97. The molecule has 94 valence electrons. The van der Waals surface area contributed by atoms with E-state index in [1.54, 1.807) is 0 Å². The molecule has 1 aromatic heterocycles. The molecule has 0 saturated carbocycles. The number of aliphatic hydroxyl groups is 2. The molecule has 1 aliphatic carbocycles. The SMILES string of the molecule is Cc1sc2c(c1C)[C@H](C(=O)OO)C[C@@H](O)[C@@H]2O. The summed E-state index contributed by atoms with van der Waals surface area (Å²) in [5.41, 5.74) is 1.59. The molecule has 17 heavy (non-hydrogen) atoms. The number of rotatable bonds is 1. The van der Waals surface area contributed by atoms with Crippen molar-refractivity contribution in [3.8, 4) is 0 Å². The third-order valence-corrected chi connectivity index (χ3v) is 4.59. The molecular weight excluding hydrogens is 244 g/mol. The third-order valence-electron chi connectivity index (χ3n) is 3.29. The van der Waals surface area contributed by atoms with Crippen LogP contribution in [0.5, 0.6) is 0 Å². The molecular formula is C11H14O5S. The average Bonchev–Trinajstić information content (AvgIpc) is 2.60. The quantitative estimate of drug-likeness (QED) is 0.521. The van der Waals surface area contributed by atoms with Crippen molar-refractivity contribution >= 4 is 17.3 Å². The Hall–Kier alpha value is -0.950. The fourth-order valence-corrected chi connectivity index (χ4v) is 3.54. The van der Waals surface area contributed by atoms with E-state index in [1.165, 1.54) is 11.3 Å². The summed E-state index contributed by atoms with van der Waals surface area (Å²) in [6.45, 7) is 3.74. The Morgan fingerprint density at radius 1 is 1.41 bits per heavy atom. The molecule has 0 radical (unpaired) electrons. The van der Waals surface area contributed by atoms with E-state index in [9.17, 15) is 15.0 Å². The summed E-state index contributed by atoms with van der Waals surface area (Å²) in [5, 5.41) is 28.1. The highest BCUT2D eigenvalue weighted by Crippen LogP contribution is 2.45. The van der Waals surface area contributed by atoms with Gasteiger partial charge in [0.25, 0.3) is 0 Å². The highest BCUT2D eigenvalue weighted by Gasteiger charge is 2.40. The molecule has 0 bridgehead atoms. The normalized spacial score (nSPS) is 27.7. The number of aryl methyl sites for hydroxylation is 1. The van der Waals surface area contributed by atoms with Crippen molar-refractivity contribution in [1.82, 2.24) is 0 Å². The molecule has 0 aliphatic heterocycles. The van der Waals surface area contributed by atoms with E-state index in [-0.39, 0.29) is 6.42 Å². The predicted molar refractivity (Wildman–Crippen MR) is 60.8 cm³/mol. The number of carbonyl (C=O) groups excluding carboxylic acids is 1. The fraction of sp³-hybridized carbons (Fsp3) is 0.545. The molecule has 6 heteroatoms. The van der Waals surface area contributed by atoms with Gasteiger partial charge in [-0.15, -0.1) is 11.3 Å². The summed E-state index contributed by atoms with van der Waals surface area (Å²) in [7, 11) is 0. The van der Waals surface area contributed by atoms with Crippen LogP contribution in [-0.2, 0) is 9.68 Å². The lowest BCUT2D eigenvalue weighted by Gasteiger charge is -2.28. The molecule has 1 aliphatic rings. The van der Waals surface area contributed by atoms with Crippen molar-refractivity contribution in [2.24, 2.45) is 0 Å². The Morgan fingerprint density at radius 3 is 2.65 bits per heavy atom. The van der Waals surface area contributed by atoms with Gasteiger partial charge in [-0.25, -0.2) is 4.79 Å². The maximum atomic E-state index is 11.5. The Kier molecular flexibility index (Phi) is 3.22. The standard InChI is InChI=1S/C11H14O5S/c1-4-5(2)17-10-8(4)6(11(14)16-15)3-7(12)9(10)13/h6-7,9,12-13,15H,3H2,1-2H3/t6-,7-,9+/m1/s1. The molecule has 3 atom stereocenters. The molecule has 3 N–H and O–H groups in total. The van der Waals surface area contributed by atoms with Crippen molar-refractivity contribution in [3.05, 3.63) is 20.9 Å². The number of carbonyl (C=O) groups is 1. The van der Waals surface area contributed by atoms with Crippen molar-refractivity contribution in [3.63, 3.8) is 0 Å². The van der Waals surface area contributed by atoms with Crippen LogP contribution in [0.25, 0.3) is 0 Å². The van der Waals surface area contributed by atoms with Crippen molar-refractivity contribution in [2.75, 3.05) is 0 Å². The highest BCUT2D eigenvalue weighted by molar-refractivity contribution is 7.12. The first kappa shape index (κ1) is 12.5. The van der Waals surface area contributed by atoms with Crippen molar-refractivity contribution in [1.29, 1.82) is 0 Å². The molecule has 0 amide bonds. The smallest absolute Gasteiger partial charge is 0.349 e. The monoisotopic (exact) mass is 258 g/mol. The minimum atomic E-state index is -1.01. The van der Waals surface area contributed by atoms with Gasteiger partial charge in [0.2, 0.25) is 0 Å². The zero-order valence-electron chi connectivity index (χ0n) is 9.51. The number of aliphatic hydroxyl groups excluding tert-OH is 2. The van der Waals surface area contributed by atoms with Crippen LogP contribution < -0.4 is 0 Å². The second-order valence-electron chi connectivity index (χ2n) is 4.27. The molecule has 0 aromatic carbocycles. The van der Waals surface area contributed by atoms with Crippen LogP contribution in [0.15, 0.2) is 0 Å². The van der Waals surface area contributed by atoms with E-state index in [0.29, 0.717) is 10.4 Å². The largest absolute Gasteiger partial charge is 0.390 e. The number of hydrogen-bond acceptors (Lipinski definition) is 6. The van der Waals surface area contributed by atoms with Gasteiger partial charge in [-0.1, -0.05) is 0 Å². The molecule has 0 spiro atoms. The molecule has 5 nitrogen and oxygen atoms in total. The Bertz CT molecular complexity index is 453. The van der Waals surface area contributed by atoms with Crippen LogP contribution in [0.4, 0.5) is 0 Å². The Balaban J connectivity index is 2.54. The van der Waals surface area contributed by atoms with Crippen LogP contribution in [0.3, 0.4) is 0 Å². The van der Waals surface area contributed by atoms with Crippen molar-refractivity contribution < 1.29 is 25.2 Å². The first-order valence-corrected chi connectivity index (χ1v) is 6.10. The van der Waals surface area contributed by atoms with E-state index in [4.69, 9.17) is 5.26 Å². The Labute approximate surface area is 102 Å². The third kappa shape index (κ3) is 1.87. The van der Waals surface area contributed by atoms with Gasteiger partial charge in [0.15, 0.2) is 0 Å². The van der Waals surface area contributed by atoms with E-state index in [1.807, 2.05) is 13.8 Å². The highest BCUT2D eigenvalue weighted by atomic mass is 32.1. The molecule has 1 aromatic rings. The minimum absolute atomic E-state index is 0.0601. The maximum absolute atomic E-state index is 11.5. The molecule has 2 rings (SSSR count). The van der Waals surface area contributed by atoms with Crippen LogP contribution in [0.2, 0.25) is 0 Å². The zero-order chi connectivity index (χ0) is 12.7. The van der Waals surface area contributed by atoms with Gasteiger partial charge in [0.05, 0.1) is 12.0 Å². The summed E-state index contributed by atoms with van der Waals surface area (Å²) in [6.07, 6.45) is -1.92. The van der Waals surface area contributed by atoms with Gasteiger partial charge in [-0.3, -0.25) is 0 Å². The minimum Gasteiger partial charge on any atom is -0.390 e. The van der Waals surface area contributed by atoms with Gasteiger partial charge < -0.3 is 15.1 Å². The lowest BCUT2D eigenvalue weighted by Crippen LogP contribution is -2.31. The van der Waals surface area contributed by atoms with Crippen LogP contribution >= 0.6 is 11.3 Å². The number of hydrogen-bond donors (Lipinski definition) is 3. The maximum Gasteiger partial charge on any atom is 0.349 e. The summed E-state index contributed by atoms with van der Waals surface area (Å²) in [4.78, 5) is 16.8. The number of fused-ring (bicyclic) bond motifs is 1. The van der Waals surface area contributed by atoms with Crippen LogP contribution in [-0.4, -0.2) is 27.5 Å². The molecule has 0 unspecified atom stereocenters. The predicted octanol–water partition coefficient (Wildman–Crippen LogP) is 1.26. The van der Waals surface area contributed by atoms with Gasteiger partial charge in [0.1, 0.15) is 6.10 Å². The van der Waals surface area contributed by atoms with Gasteiger partial charge in [-0.05, 0) is 31.4 Å². The van der Waals surface area contributed by atoms with Crippen LogP contribution in [0, 0.1) is 13.8 Å². The molecule has 1 heterocycles. The first-order valence-electron chi connectivity index (χ1n) is 5.28. The Morgan fingerprint density at radius 2 is 2.06 bits per heavy atom. The molecule has 0 saturated heterocycles. The lowest BCUT2D eigenvalue weighted by molar-refractivity contribution is -0.237. The number of thiophene rings is 1. The summed E-state index contributed by atoms with van der Waals surface area (Å²) in [5.74, 6) is -1.50. The van der Waals surface area contributed by atoms with E-state index in [0.717, 1.165) is 10.4 Å². The topological polar surface area (TPSA) is 87.0 Å². The van der Waals surface area contributed by atoms with Gasteiger partial charge in [-0.2, -0.15) is 5.26 Å². The van der Waals surface area contributed by atoms with E-state index in [2.05, 4.69) is 4.89 Å². The van der Waals surface area contributed by atoms with Crippen molar-refractivity contribution in [2.45, 2.75) is 38.4 Å². The van der Waals surface area contributed by atoms with E-state index < -0.39 is 24.1 Å². The van der Waals surface area contributed by atoms with Crippen LogP contribution in [0.1, 0.15) is 39.3 Å². The lowest BCUT2D eigenvalue weighted by atomic mass is 9.82.